The predicted octanol–water partition coefficient (Wildman–Crippen LogP) is 2.88. The third-order valence-electron chi connectivity index (χ3n) is 3.38. The Morgan fingerprint density at radius 1 is 1.30 bits per heavy atom. The van der Waals surface area contributed by atoms with Gasteiger partial charge in [-0.3, -0.25) is 9.59 Å². The number of benzene rings is 1. The first-order valence-corrected chi connectivity index (χ1v) is 8.27. The minimum atomic E-state index is -0.856. The van der Waals surface area contributed by atoms with E-state index in [4.69, 9.17) is 5.11 Å². The Morgan fingerprint density at radius 2 is 2.00 bits per heavy atom. The molecule has 0 fully saturated rings. The molecule has 23 heavy (non-hydrogen) atoms. The number of nitrogens with zero attached hydrogens (tertiary/aromatic N) is 1. The van der Waals surface area contributed by atoms with Gasteiger partial charge in [0.25, 0.3) is 5.91 Å². The van der Waals surface area contributed by atoms with Crippen LogP contribution in [-0.2, 0) is 11.2 Å². The number of hydrogen-bond donors (Lipinski definition) is 2. The molecule has 1 amide bonds. The lowest BCUT2D eigenvalue weighted by molar-refractivity contribution is -0.137. The van der Waals surface area contributed by atoms with Crippen LogP contribution in [0.1, 0.15) is 39.3 Å². The Morgan fingerprint density at radius 3 is 2.65 bits per heavy atom. The highest BCUT2D eigenvalue weighted by atomic mass is 32.1. The van der Waals surface area contributed by atoms with Crippen molar-refractivity contribution in [1.29, 1.82) is 0 Å². The minimum Gasteiger partial charge on any atom is -0.481 e. The Kier molecular flexibility index (Phi) is 5.87. The molecule has 0 bridgehead atoms. The maximum absolute atomic E-state index is 12.2. The van der Waals surface area contributed by atoms with Crippen molar-refractivity contribution in [3.63, 3.8) is 0 Å². The van der Waals surface area contributed by atoms with Gasteiger partial charge in [0, 0.05) is 19.4 Å². The van der Waals surface area contributed by atoms with Crippen molar-refractivity contribution in [2.75, 3.05) is 6.54 Å². The van der Waals surface area contributed by atoms with Crippen LogP contribution >= 0.6 is 11.3 Å². The van der Waals surface area contributed by atoms with Crippen LogP contribution in [-0.4, -0.2) is 28.5 Å². The molecule has 2 aromatic rings. The van der Waals surface area contributed by atoms with E-state index in [1.54, 1.807) is 6.92 Å². The normalized spacial score (nSPS) is 11.9. The van der Waals surface area contributed by atoms with Crippen molar-refractivity contribution >= 4 is 23.2 Å². The average Bonchev–Trinajstić information content (AvgIpc) is 2.86. The Balaban J connectivity index is 1.97. The number of carbonyl (C=O) groups is 2. The number of carboxylic acid groups (broad SMARTS) is 1. The topological polar surface area (TPSA) is 79.3 Å². The molecule has 6 heteroatoms. The number of thiazole rings is 1. The first-order chi connectivity index (χ1) is 11.0. The number of aromatic nitrogens is 1. The summed E-state index contributed by atoms with van der Waals surface area (Å²) in [4.78, 5) is 27.9. The molecular formula is C17H20N2O3S. The predicted molar refractivity (Wildman–Crippen MR) is 89.8 cm³/mol. The maximum atomic E-state index is 12.2. The molecule has 1 heterocycles. The number of carbonyl (C=O) groups excluding carboxylic acids is 1. The SMILES string of the molecule is Cc1nc(Cc2ccccc2)sc1C(=O)NCC(C)CC(=O)O. The van der Waals surface area contributed by atoms with Gasteiger partial charge in [0.1, 0.15) is 4.88 Å². The molecule has 2 rings (SSSR count). The fourth-order valence-electron chi connectivity index (χ4n) is 2.23. The van der Waals surface area contributed by atoms with Crippen molar-refractivity contribution in [1.82, 2.24) is 10.3 Å². The van der Waals surface area contributed by atoms with Crippen molar-refractivity contribution in [3.05, 3.63) is 51.5 Å². The number of aliphatic carboxylic acids is 1. The molecule has 0 spiro atoms. The van der Waals surface area contributed by atoms with Gasteiger partial charge in [0.05, 0.1) is 10.7 Å². The summed E-state index contributed by atoms with van der Waals surface area (Å²) >= 11 is 1.39. The molecule has 2 N–H and O–H groups in total. The maximum Gasteiger partial charge on any atom is 0.303 e. The number of aryl methyl sites for hydroxylation is 1. The summed E-state index contributed by atoms with van der Waals surface area (Å²) < 4.78 is 0. The molecule has 1 aromatic carbocycles. The molecule has 1 aromatic heterocycles. The van der Waals surface area contributed by atoms with Crippen LogP contribution in [0.4, 0.5) is 0 Å². The summed E-state index contributed by atoms with van der Waals surface area (Å²) in [6.07, 6.45) is 0.746. The molecule has 0 aliphatic rings. The molecule has 1 atom stereocenters. The summed E-state index contributed by atoms with van der Waals surface area (Å²) in [5.74, 6) is -1.14. The van der Waals surface area contributed by atoms with Crippen molar-refractivity contribution in [3.8, 4) is 0 Å². The standard InChI is InChI=1S/C17H20N2O3S/c1-11(8-15(20)21)10-18-17(22)16-12(2)19-14(23-16)9-13-6-4-3-5-7-13/h3-7,11H,8-10H2,1-2H3,(H,18,22)(H,20,21). The van der Waals surface area contributed by atoms with E-state index >= 15 is 0 Å². The second-order valence-corrected chi connectivity index (χ2v) is 6.68. The summed E-state index contributed by atoms with van der Waals surface area (Å²) in [5, 5.41) is 12.4. The molecule has 0 saturated carbocycles. The largest absolute Gasteiger partial charge is 0.481 e. The Hall–Kier alpha value is -2.21. The molecule has 5 nitrogen and oxygen atoms in total. The second kappa shape index (κ2) is 7.87. The number of carboxylic acids is 1. The summed E-state index contributed by atoms with van der Waals surface area (Å²) in [5.41, 5.74) is 1.87. The lowest BCUT2D eigenvalue weighted by Crippen LogP contribution is -2.29. The van der Waals surface area contributed by atoms with E-state index in [1.807, 2.05) is 37.3 Å². The van der Waals surface area contributed by atoms with Gasteiger partial charge in [-0.1, -0.05) is 37.3 Å². The van der Waals surface area contributed by atoms with Gasteiger partial charge in [0.2, 0.25) is 0 Å². The number of hydrogen-bond acceptors (Lipinski definition) is 4. The van der Waals surface area contributed by atoms with Crippen LogP contribution in [0, 0.1) is 12.8 Å². The van der Waals surface area contributed by atoms with Gasteiger partial charge in [-0.25, -0.2) is 4.98 Å². The van der Waals surface area contributed by atoms with Crippen molar-refractivity contribution < 1.29 is 14.7 Å². The molecule has 0 radical (unpaired) electrons. The van der Waals surface area contributed by atoms with Crippen LogP contribution in [0.2, 0.25) is 0 Å². The number of amides is 1. The number of rotatable bonds is 7. The summed E-state index contributed by atoms with van der Waals surface area (Å²) in [6.45, 7) is 3.96. The molecule has 1 unspecified atom stereocenters. The van der Waals surface area contributed by atoms with Crippen LogP contribution < -0.4 is 5.32 Å². The van der Waals surface area contributed by atoms with Crippen LogP contribution in [0.25, 0.3) is 0 Å². The van der Waals surface area contributed by atoms with Gasteiger partial charge >= 0.3 is 5.97 Å². The molecular weight excluding hydrogens is 312 g/mol. The van der Waals surface area contributed by atoms with Gasteiger partial charge in [-0.2, -0.15) is 0 Å². The smallest absolute Gasteiger partial charge is 0.303 e. The minimum absolute atomic E-state index is 0.0429. The van der Waals surface area contributed by atoms with Gasteiger partial charge in [-0.05, 0) is 18.4 Å². The quantitative estimate of drug-likeness (QED) is 0.817. The first-order valence-electron chi connectivity index (χ1n) is 7.46. The van der Waals surface area contributed by atoms with E-state index in [0.29, 0.717) is 23.5 Å². The molecule has 122 valence electrons. The fourth-order valence-corrected chi connectivity index (χ4v) is 3.24. The third-order valence-corrected chi connectivity index (χ3v) is 4.54. The fraction of sp³-hybridized carbons (Fsp3) is 0.353. The van der Waals surface area contributed by atoms with Crippen LogP contribution in [0.5, 0.6) is 0 Å². The lowest BCUT2D eigenvalue weighted by Gasteiger charge is -2.09. The molecule has 0 saturated heterocycles. The highest BCUT2D eigenvalue weighted by Gasteiger charge is 2.16. The second-order valence-electron chi connectivity index (χ2n) is 5.60. The summed E-state index contributed by atoms with van der Waals surface area (Å²) in [7, 11) is 0. The van der Waals surface area contributed by atoms with E-state index in [-0.39, 0.29) is 18.2 Å². The summed E-state index contributed by atoms with van der Waals surface area (Å²) in [6, 6.07) is 9.99. The van der Waals surface area contributed by atoms with Crippen molar-refractivity contribution in [2.45, 2.75) is 26.7 Å². The van der Waals surface area contributed by atoms with Gasteiger partial charge in [0.15, 0.2) is 0 Å². The zero-order valence-corrected chi connectivity index (χ0v) is 14.0. The highest BCUT2D eigenvalue weighted by Crippen LogP contribution is 2.21. The Labute approximate surface area is 139 Å². The average molecular weight is 332 g/mol. The van der Waals surface area contributed by atoms with Crippen LogP contribution in [0.15, 0.2) is 30.3 Å². The van der Waals surface area contributed by atoms with Crippen LogP contribution in [0.3, 0.4) is 0 Å². The zero-order valence-electron chi connectivity index (χ0n) is 13.2. The van der Waals surface area contributed by atoms with Gasteiger partial charge < -0.3 is 10.4 Å². The third kappa shape index (κ3) is 5.17. The monoisotopic (exact) mass is 332 g/mol. The van der Waals surface area contributed by atoms with Gasteiger partial charge in [-0.15, -0.1) is 11.3 Å². The first kappa shape index (κ1) is 17.1. The van der Waals surface area contributed by atoms with E-state index in [2.05, 4.69) is 10.3 Å². The van der Waals surface area contributed by atoms with E-state index in [9.17, 15) is 9.59 Å². The number of nitrogens with one attached hydrogen (secondary N) is 1. The molecule has 0 aliphatic carbocycles. The highest BCUT2D eigenvalue weighted by molar-refractivity contribution is 7.13. The Bertz CT molecular complexity index is 682. The van der Waals surface area contributed by atoms with Crippen molar-refractivity contribution in [2.24, 2.45) is 5.92 Å². The zero-order chi connectivity index (χ0) is 16.8. The van der Waals surface area contributed by atoms with E-state index < -0.39 is 5.97 Å². The lowest BCUT2D eigenvalue weighted by atomic mass is 10.1. The van der Waals surface area contributed by atoms with E-state index in [1.165, 1.54) is 11.3 Å². The van der Waals surface area contributed by atoms with E-state index in [0.717, 1.165) is 10.6 Å². The molecule has 0 aliphatic heterocycles.